The van der Waals surface area contributed by atoms with Gasteiger partial charge in [-0.25, -0.2) is 0 Å². The maximum absolute atomic E-state index is 12.5. The largest absolute Gasteiger partial charge is 0.496 e. The van der Waals surface area contributed by atoms with Crippen molar-refractivity contribution in [2.45, 2.75) is 13.8 Å². The Balaban J connectivity index is 2.33. The van der Waals surface area contributed by atoms with Gasteiger partial charge in [-0.05, 0) is 59.6 Å². The molecule has 0 unspecified atom stereocenters. The average molecular weight is 364 g/mol. The van der Waals surface area contributed by atoms with Crippen LogP contribution >= 0.6 is 15.9 Å². The molecular formula is C17H18BrNO3. The molecule has 2 aromatic rings. The molecule has 5 heteroatoms. The van der Waals surface area contributed by atoms with E-state index in [0.717, 1.165) is 15.6 Å². The molecule has 0 aliphatic heterocycles. The number of methoxy groups -OCH3 is 2. The first-order valence-corrected chi connectivity index (χ1v) is 7.55. The zero-order chi connectivity index (χ0) is 16.3. The lowest BCUT2D eigenvalue weighted by molar-refractivity contribution is 0.102. The van der Waals surface area contributed by atoms with Crippen molar-refractivity contribution < 1.29 is 14.3 Å². The molecule has 0 saturated heterocycles. The summed E-state index contributed by atoms with van der Waals surface area (Å²) in [6, 6.07) is 9.16. The monoisotopic (exact) mass is 363 g/mol. The number of carbonyl (C=O) groups excluding carboxylic acids is 1. The highest BCUT2D eigenvalue weighted by atomic mass is 79.9. The molecule has 1 N–H and O–H groups in total. The summed E-state index contributed by atoms with van der Waals surface area (Å²) in [6.07, 6.45) is 0. The van der Waals surface area contributed by atoms with Crippen LogP contribution in [0.5, 0.6) is 11.5 Å². The Kier molecular flexibility index (Phi) is 5.08. The van der Waals surface area contributed by atoms with Crippen molar-refractivity contribution in [1.82, 2.24) is 0 Å². The second-order valence-corrected chi connectivity index (χ2v) is 5.80. The van der Waals surface area contributed by atoms with E-state index in [4.69, 9.17) is 9.47 Å². The molecule has 4 nitrogen and oxygen atoms in total. The van der Waals surface area contributed by atoms with E-state index < -0.39 is 0 Å². The number of rotatable bonds is 4. The van der Waals surface area contributed by atoms with Gasteiger partial charge in [0.25, 0.3) is 5.91 Å². The maximum atomic E-state index is 12.5. The van der Waals surface area contributed by atoms with Crippen LogP contribution in [0.25, 0.3) is 0 Å². The average Bonchev–Trinajstić information content (AvgIpc) is 2.50. The summed E-state index contributed by atoms with van der Waals surface area (Å²) in [5.74, 6) is 1.01. The van der Waals surface area contributed by atoms with Crippen molar-refractivity contribution >= 4 is 27.5 Å². The first kappa shape index (κ1) is 16.4. The lowest BCUT2D eigenvalue weighted by Crippen LogP contribution is -2.13. The van der Waals surface area contributed by atoms with E-state index in [-0.39, 0.29) is 5.91 Å². The molecular weight excluding hydrogens is 346 g/mol. The molecule has 0 fully saturated rings. The fraction of sp³-hybridized carbons (Fsp3) is 0.235. The molecule has 2 rings (SSSR count). The molecule has 22 heavy (non-hydrogen) atoms. The van der Waals surface area contributed by atoms with Crippen molar-refractivity contribution in [1.29, 1.82) is 0 Å². The van der Waals surface area contributed by atoms with Crippen molar-refractivity contribution in [2.75, 3.05) is 19.5 Å². The second-order valence-electron chi connectivity index (χ2n) is 4.94. The van der Waals surface area contributed by atoms with E-state index in [1.165, 1.54) is 0 Å². The number of nitrogens with one attached hydrogen (secondary N) is 1. The maximum Gasteiger partial charge on any atom is 0.255 e. The summed E-state index contributed by atoms with van der Waals surface area (Å²) in [4.78, 5) is 12.5. The summed E-state index contributed by atoms with van der Waals surface area (Å²) >= 11 is 3.45. The van der Waals surface area contributed by atoms with Gasteiger partial charge in [0.15, 0.2) is 0 Å². The van der Waals surface area contributed by atoms with E-state index in [2.05, 4.69) is 21.2 Å². The smallest absolute Gasteiger partial charge is 0.255 e. The number of anilines is 1. The topological polar surface area (TPSA) is 47.6 Å². The van der Waals surface area contributed by atoms with Crippen LogP contribution in [-0.2, 0) is 0 Å². The molecule has 1 amide bonds. The Morgan fingerprint density at radius 2 is 1.64 bits per heavy atom. The Hall–Kier alpha value is -2.01. The SMILES string of the molecule is COc1cc(C(=O)Nc2ccc(C)cc2Br)cc(OC)c1C. The van der Waals surface area contributed by atoms with Gasteiger partial charge in [-0.2, -0.15) is 0 Å². The van der Waals surface area contributed by atoms with Crippen molar-refractivity contribution in [2.24, 2.45) is 0 Å². The molecule has 0 aliphatic carbocycles. The van der Waals surface area contributed by atoms with Crippen LogP contribution < -0.4 is 14.8 Å². The molecule has 0 spiro atoms. The van der Waals surface area contributed by atoms with Gasteiger partial charge in [-0.3, -0.25) is 4.79 Å². The van der Waals surface area contributed by atoms with E-state index in [0.29, 0.717) is 22.7 Å². The third-order valence-electron chi connectivity index (χ3n) is 3.39. The Bertz CT molecular complexity index is 688. The third-order valence-corrected chi connectivity index (χ3v) is 4.04. The molecule has 0 aromatic heterocycles. The summed E-state index contributed by atoms with van der Waals surface area (Å²) in [5.41, 5.74) is 3.17. The van der Waals surface area contributed by atoms with Gasteiger partial charge in [0, 0.05) is 15.6 Å². The zero-order valence-corrected chi connectivity index (χ0v) is 14.6. The van der Waals surface area contributed by atoms with Crippen LogP contribution in [0.4, 0.5) is 5.69 Å². The highest BCUT2D eigenvalue weighted by Gasteiger charge is 2.14. The number of amides is 1. The Labute approximate surface area is 138 Å². The minimum absolute atomic E-state index is 0.221. The fourth-order valence-electron chi connectivity index (χ4n) is 2.13. The van der Waals surface area contributed by atoms with E-state index in [1.54, 1.807) is 26.4 Å². The number of carbonyl (C=O) groups is 1. The predicted octanol–water partition coefficient (Wildman–Crippen LogP) is 4.34. The summed E-state index contributed by atoms with van der Waals surface area (Å²) in [7, 11) is 3.14. The van der Waals surface area contributed by atoms with Crippen LogP contribution in [0.2, 0.25) is 0 Å². The summed E-state index contributed by atoms with van der Waals surface area (Å²) < 4.78 is 11.4. The number of aryl methyl sites for hydroxylation is 1. The van der Waals surface area contributed by atoms with Gasteiger partial charge in [-0.15, -0.1) is 0 Å². The molecule has 0 bridgehead atoms. The van der Waals surface area contributed by atoms with Gasteiger partial charge < -0.3 is 14.8 Å². The summed E-state index contributed by atoms with van der Waals surface area (Å²) in [5, 5.41) is 2.88. The second kappa shape index (κ2) is 6.83. The molecule has 0 atom stereocenters. The van der Waals surface area contributed by atoms with Gasteiger partial charge in [-0.1, -0.05) is 6.07 Å². The Morgan fingerprint density at radius 3 is 2.14 bits per heavy atom. The highest BCUT2D eigenvalue weighted by molar-refractivity contribution is 9.10. The quantitative estimate of drug-likeness (QED) is 0.878. The predicted molar refractivity (Wildman–Crippen MR) is 91.1 cm³/mol. The standard InChI is InChI=1S/C17H18BrNO3/c1-10-5-6-14(13(18)7-10)19-17(20)12-8-15(21-3)11(2)16(9-12)22-4/h5-9H,1-4H3,(H,19,20). The highest BCUT2D eigenvalue weighted by Crippen LogP contribution is 2.30. The van der Waals surface area contributed by atoms with Gasteiger partial charge in [0.2, 0.25) is 0 Å². The van der Waals surface area contributed by atoms with E-state index in [9.17, 15) is 4.79 Å². The van der Waals surface area contributed by atoms with Gasteiger partial charge in [0.1, 0.15) is 11.5 Å². The first-order valence-electron chi connectivity index (χ1n) is 6.76. The van der Waals surface area contributed by atoms with E-state index in [1.807, 2.05) is 32.0 Å². The minimum atomic E-state index is -0.221. The molecule has 116 valence electrons. The van der Waals surface area contributed by atoms with Crippen LogP contribution in [0.15, 0.2) is 34.8 Å². The van der Waals surface area contributed by atoms with Crippen LogP contribution in [0, 0.1) is 13.8 Å². The number of ether oxygens (including phenoxy) is 2. The van der Waals surface area contributed by atoms with Crippen molar-refractivity contribution in [3.8, 4) is 11.5 Å². The Morgan fingerprint density at radius 1 is 1.05 bits per heavy atom. The van der Waals surface area contributed by atoms with E-state index >= 15 is 0 Å². The van der Waals surface area contributed by atoms with Crippen LogP contribution in [0.3, 0.4) is 0 Å². The molecule has 0 saturated carbocycles. The number of benzene rings is 2. The third kappa shape index (κ3) is 3.42. The fourth-order valence-corrected chi connectivity index (χ4v) is 2.73. The number of halogens is 1. The van der Waals surface area contributed by atoms with Crippen LogP contribution in [-0.4, -0.2) is 20.1 Å². The molecule has 2 aromatic carbocycles. The van der Waals surface area contributed by atoms with Crippen molar-refractivity contribution in [3.63, 3.8) is 0 Å². The van der Waals surface area contributed by atoms with Crippen molar-refractivity contribution in [3.05, 3.63) is 51.5 Å². The lowest BCUT2D eigenvalue weighted by Gasteiger charge is -2.13. The van der Waals surface area contributed by atoms with Gasteiger partial charge in [0.05, 0.1) is 19.9 Å². The minimum Gasteiger partial charge on any atom is -0.496 e. The number of hydrogen-bond acceptors (Lipinski definition) is 3. The number of hydrogen-bond donors (Lipinski definition) is 1. The molecule has 0 aliphatic rings. The zero-order valence-electron chi connectivity index (χ0n) is 13.0. The molecule has 0 heterocycles. The first-order chi connectivity index (χ1) is 10.5. The summed E-state index contributed by atoms with van der Waals surface area (Å²) in [6.45, 7) is 3.88. The van der Waals surface area contributed by atoms with Gasteiger partial charge >= 0.3 is 0 Å². The lowest BCUT2D eigenvalue weighted by atomic mass is 10.1. The normalized spacial score (nSPS) is 10.2. The van der Waals surface area contributed by atoms with Crippen LogP contribution in [0.1, 0.15) is 21.5 Å². The molecule has 0 radical (unpaired) electrons.